The van der Waals surface area contributed by atoms with Crippen LogP contribution in [0.25, 0.3) is 0 Å². The quantitative estimate of drug-likeness (QED) is 0.665. The summed E-state index contributed by atoms with van der Waals surface area (Å²) in [5.74, 6) is -0.175. The number of hydrogen-bond donors (Lipinski definition) is 1. The molecule has 1 aliphatic heterocycles. The number of hydrogen-bond acceptors (Lipinski definition) is 4. The molecule has 0 saturated carbocycles. The first-order valence-electron chi connectivity index (χ1n) is 5.19. The molecule has 1 fully saturated rings. The second-order valence-corrected chi connectivity index (χ2v) is 3.50. The Hall–Kier alpha value is -0.610. The Morgan fingerprint density at radius 2 is 2.50 bits per heavy atom. The minimum atomic E-state index is -0.175. The molecule has 2 unspecified atom stereocenters. The third kappa shape index (κ3) is 3.27. The fourth-order valence-corrected chi connectivity index (χ4v) is 1.78. The molecule has 0 aromatic heterocycles. The predicted octanol–water partition coefficient (Wildman–Crippen LogP) is 0.707. The van der Waals surface area contributed by atoms with Gasteiger partial charge in [0.25, 0.3) is 0 Å². The molecule has 0 aromatic carbocycles. The minimum Gasteiger partial charge on any atom is -0.469 e. The van der Waals surface area contributed by atoms with Gasteiger partial charge in [-0.1, -0.05) is 6.92 Å². The topological polar surface area (TPSA) is 47.6 Å². The fourth-order valence-electron chi connectivity index (χ4n) is 1.78. The summed E-state index contributed by atoms with van der Waals surface area (Å²) in [6.45, 7) is 3.69. The molecule has 0 radical (unpaired) electrons. The van der Waals surface area contributed by atoms with E-state index in [-0.39, 0.29) is 18.1 Å². The SMILES string of the molecule is CCNC(CC(=O)OC)C1CCCO1. The molecule has 1 rings (SSSR count). The third-order valence-corrected chi connectivity index (χ3v) is 2.49. The molecule has 0 aromatic rings. The number of likely N-dealkylation sites (N-methyl/N-ethyl adjacent to an activating group) is 1. The molecule has 1 heterocycles. The zero-order valence-corrected chi connectivity index (χ0v) is 8.91. The smallest absolute Gasteiger partial charge is 0.307 e. The predicted molar refractivity (Wildman–Crippen MR) is 53.1 cm³/mol. The van der Waals surface area contributed by atoms with E-state index in [1.54, 1.807) is 0 Å². The summed E-state index contributed by atoms with van der Waals surface area (Å²) in [6, 6.07) is 0.106. The maximum atomic E-state index is 11.1. The van der Waals surface area contributed by atoms with Crippen LogP contribution in [0.2, 0.25) is 0 Å². The van der Waals surface area contributed by atoms with Gasteiger partial charge in [0.1, 0.15) is 0 Å². The van der Waals surface area contributed by atoms with Crippen molar-refractivity contribution >= 4 is 5.97 Å². The summed E-state index contributed by atoms with van der Waals surface area (Å²) in [6.07, 6.45) is 2.70. The first kappa shape index (κ1) is 11.5. The largest absolute Gasteiger partial charge is 0.469 e. The zero-order chi connectivity index (χ0) is 10.4. The molecule has 14 heavy (non-hydrogen) atoms. The van der Waals surface area contributed by atoms with Crippen molar-refractivity contribution in [2.45, 2.75) is 38.3 Å². The molecular formula is C10H19NO3. The number of carbonyl (C=O) groups is 1. The van der Waals surface area contributed by atoms with Gasteiger partial charge in [-0.05, 0) is 19.4 Å². The van der Waals surface area contributed by atoms with Crippen molar-refractivity contribution in [2.24, 2.45) is 0 Å². The van der Waals surface area contributed by atoms with Crippen LogP contribution >= 0.6 is 0 Å². The van der Waals surface area contributed by atoms with E-state index in [2.05, 4.69) is 10.1 Å². The van der Waals surface area contributed by atoms with Crippen LogP contribution in [0.5, 0.6) is 0 Å². The second kappa shape index (κ2) is 5.98. The van der Waals surface area contributed by atoms with Gasteiger partial charge in [-0.2, -0.15) is 0 Å². The van der Waals surface area contributed by atoms with Gasteiger partial charge < -0.3 is 14.8 Å². The van der Waals surface area contributed by atoms with Crippen LogP contribution in [-0.2, 0) is 14.3 Å². The first-order chi connectivity index (χ1) is 6.77. The van der Waals surface area contributed by atoms with E-state index < -0.39 is 0 Å². The molecule has 4 heteroatoms. The summed E-state index contributed by atoms with van der Waals surface area (Å²) in [5.41, 5.74) is 0. The standard InChI is InChI=1S/C10H19NO3/c1-3-11-8(7-10(12)13-2)9-5-4-6-14-9/h8-9,11H,3-7H2,1-2H3. The Bertz CT molecular complexity index is 178. The Balaban J connectivity index is 2.40. The van der Waals surface area contributed by atoms with Gasteiger partial charge in [-0.15, -0.1) is 0 Å². The van der Waals surface area contributed by atoms with Crippen molar-refractivity contribution in [3.8, 4) is 0 Å². The number of nitrogens with one attached hydrogen (secondary N) is 1. The number of methoxy groups -OCH3 is 1. The maximum absolute atomic E-state index is 11.1. The minimum absolute atomic E-state index is 0.106. The van der Waals surface area contributed by atoms with Crippen molar-refractivity contribution < 1.29 is 14.3 Å². The Morgan fingerprint density at radius 3 is 3.00 bits per heavy atom. The van der Waals surface area contributed by atoms with E-state index in [1.165, 1.54) is 7.11 Å². The molecule has 4 nitrogen and oxygen atoms in total. The normalized spacial score (nSPS) is 23.4. The van der Waals surface area contributed by atoms with Crippen molar-refractivity contribution in [3.63, 3.8) is 0 Å². The van der Waals surface area contributed by atoms with Crippen LogP contribution in [0.1, 0.15) is 26.2 Å². The van der Waals surface area contributed by atoms with E-state index in [1.807, 2.05) is 6.92 Å². The van der Waals surface area contributed by atoms with E-state index in [0.29, 0.717) is 6.42 Å². The number of rotatable bonds is 5. The van der Waals surface area contributed by atoms with Gasteiger partial charge in [0.2, 0.25) is 0 Å². The van der Waals surface area contributed by atoms with E-state index in [9.17, 15) is 4.79 Å². The molecule has 82 valence electrons. The maximum Gasteiger partial charge on any atom is 0.307 e. The summed E-state index contributed by atoms with van der Waals surface area (Å²) in [7, 11) is 1.42. The van der Waals surface area contributed by atoms with Gasteiger partial charge >= 0.3 is 5.97 Å². The number of esters is 1. The van der Waals surface area contributed by atoms with Crippen molar-refractivity contribution in [3.05, 3.63) is 0 Å². The van der Waals surface area contributed by atoms with Crippen LogP contribution in [0, 0.1) is 0 Å². The molecule has 1 saturated heterocycles. The average Bonchev–Trinajstić information content (AvgIpc) is 2.69. The van der Waals surface area contributed by atoms with Crippen LogP contribution < -0.4 is 5.32 Å². The summed E-state index contributed by atoms with van der Waals surface area (Å²) < 4.78 is 10.2. The molecular weight excluding hydrogens is 182 g/mol. The lowest BCUT2D eigenvalue weighted by Gasteiger charge is -2.22. The highest BCUT2D eigenvalue weighted by Gasteiger charge is 2.27. The van der Waals surface area contributed by atoms with Gasteiger partial charge in [0.05, 0.1) is 19.6 Å². The molecule has 1 N–H and O–H groups in total. The lowest BCUT2D eigenvalue weighted by atomic mass is 10.0. The average molecular weight is 201 g/mol. The van der Waals surface area contributed by atoms with Gasteiger partial charge in [-0.25, -0.2) is 0 Å². The van der Waals surface area contributed by atoms with E-state index in [0.717, 1.165) is 26.0 Å². The number of carbonyl (C=O) groups excluding carboxylic acids is 1. The van der Waals surface area contributed by atoms with Crippen molar-refractivity contribution in [2.75, 3.05) is 20.3 Å². The van der Waals surface area contributed by atoms with Gasteiger partial charge in [0.15, 0.2) is 0 Å². The Labute approximate surface area is 85.0 Å². The highest BCUT2D eigenvalue weighted by atomic mass is 16.5. The van der Waals surface area contributed by atoms with E-state index >= 15 is 0 Å². The lowest BCUT2D eigenvalue weighted by molar-refractivity contribution is -0.142. The van der Waals surface area contributed by atoms with Gasteiger partial charge in [0, 0.05) is 12.6 Å². The Kier molecular flexibility index (Phi) is 4.90. The first-order valence-corrected chi connectivity index (χ1v) is 5.19. The highest BCUT2D eigenvalue weighted by Crippen LogP contribution is 2.17. The third-order valence-electron chi connectivity index (χ3n) is 2.49. The van der Waals surface area contributed by atoms with E-state index in [4.69, 9.17) is 4.74 Å². The van der Waals surface area contributed by atoms with Gasteiger partial charge in [-0.3, -0.25) is 4.79 Å². The van der Waals surface area contributed by atoms with Crippen molar-refractivity contribution in [1.29, 1.82) is 0 Å². The molecule has 1 aliphatic rings. The van der Waals surface area contributed by atoms with Crippen LogP contribution in [0.15, 0.2) is 0 Å². The van der Waals surface area contributed by atoms with Crippen LogP contribution in [-0.4, -0.2) is 38.4 Å². The summed E-state index contributed by atoms with van der Waals surface area (Å²) in [5, 5.41) is 3.26. The molecule has 2 atom stereocenters. The zero-order valence-electron chi connectivity index (χ0n) is 8.91. The molecule has 0 bridgehead atoms. The molecule has 0 amide bonds. The molecule has 0 spiro atoms. The fraction of sp³-hybridized carbons (Fsp3) is 0.900. The lowest BCUT2D eigenvalue weighted by Crippen LogP contribution is -2.41. The monoisotopic (exact) mass is 201 g/mol. The Morgan fingerprint density at radius 1 is 1.71 bits per heavy atom. The molecule has 0 aliphatic carbocycles. The van der Waals surface area contributed by atoms with Crippen LogP contribution in [0.4, 0.5) is 0 Å². The summed E-state index contributed by atoms with van der Waals surface area (Å²) >= 11 is 0. The highest BCUT2D eigenvalue weighted by molar-refractivity contribution is 5.70. The summed E-state index contributed by atoms with van der Waals surface area (Å²) in [4.78, 5) is 11.1. The van der Waals surface area contributed by atoms with Crippen molar-refractivity contribution in [1.82, 2.24) is 5.32 Å². The second-order valence-electron chi connectivity index (χ2n) is 3.50. The van der Waals surface area contributed by atoms with Crippen LogP contribution in [0.3, 0.4) is 0 Å². The number of ether oxygens (including phenoxy) is 2.